The molecule has 0 saturated heterocycles. The lowest BCUT2D eigenvalue weighted by atomic mass is 9.92. The molecule has 8 heteroatoms. The van der Waals surface area contributed by atoms with Crippen molar-refractivity contribution in [1.82, 2.24) is 19.9 Å². The van der Waals surface area contributed by atoms with E-state index in [1.165, 1.54) is 5.56 Å². The van der Waals surface area contributed by atoms with E-state index in [9.17, 15) is 0 Å². The SMILES string of the molecule is COc1cc(Nc2nccc(Nc3cnc4ccc(C)cc4c3)n2)ccc1OC1CCC(N(C)C)CC1. The average molecular weight is 499 g/mol. The molecule has 0 atom stereocenters. The van der Waals surface area contributed by atoms with Crippen molar-refractivity contribution in [1.29, 1.82) is 0 Å². The number of hydrogen-bond acceptors (Lipinski definition) is 8. The van der Waals surface area contributed by atoms with Crippen LogP contribution in [0.1, 0.15) is 31.2 Å². The molecule has 192 valence electrons. The Balaban J connectivity index is 1.25. The topological polar surface area (TPSA) is 84.4 Å². The molecule has 1 aliphatic carbocycles. The van der Waals surface area contributed by atoms with Gasteiger partial charge in [0.15, 0.2) is 11.5 Å². The van der Waals surface area contributed by atoms with Gasteiger partial charge in [-0.3, -0.25) is 4.98 Å². The van der Waals surface area contributed by atoms with E-state index in [1.54, 1.807) is 13.3 Å². The smallest absolute Gasteiger partial charge is 0.229 e. The molecule has 1 aliphatic rings. The molecule has 4 aromatic rings. The molecule has 2 heterocycles. The molecule has 2 aromatic heterocycles. The minimum atomic E-state index is 0.212. The van der Waals surface area contributed by atoms with Crippen LogP contribution in [0.25, 0.3) is 10.9 Å². The zero-order valence-corrected chi connectivity index (χ0v) is 21.9. The van der Waals surface area contributed by atoms with Crippen LogP contribution in [0.4, 0.5) is 23.1 Å². The summed E-state index contributed by atoms with van der Waals surface area (Å²) in [5.74, 6) is 2.60. The molecule has 8 nitrogen and oxygen atoms in total. The summed E-state index contributed by atoms with van der Waals surface area (Å²) in [5.41, 5.74) is 3.85. The Morgan fingerprint density at radius 3 is 2.49 bits per heavy atom. The number of rotatable bonds is 8. The standard InChI is InChI=1S/C29H34N6O2/c1-19-5-11-25-20(15-19)16-22(18-31-25)32-28-13-14-30-29(34-28)33-21-6-12-26(27(17-21)36-4)37-24-9-7-23(8-10-24)35(2)3/h5-6,11-18,23-24H,7-10H2,1-4H3,(H2,30,32,33,34). The molecule has 1 fully saturated rings. The van der Waals surface area contributed by atoms with E-state index in [2.05, 4.69) is 69.7 Å². The second-order valence-electron chi connectivity index (χ2n) is 9.81. The lowest BCUT2D eigenvalue weighted by Gasteiger charge is -2.33. The van der Waals surface area contributed by atoms with Crippen LogP contribution >= 0.6 is 0 Å². The van der Waals surface area contributed by atoms with E-state index in [1.807, 2.05) is 36.5 Å². The molecule has 0 radical (unpaired) electrons. The normalized spacial score (nSPS) is 17.5. The molecule has 0 amide bonds. The molecular formula is C29H34N6O2. The van der Waals surface area contributed by atoms with Crippen LogP contribution in [0.3, 0.4) is 0 Å². The summed E-state index contributed by atoms with van der Waals surface area (Å²) in [5, 5.41) is 7.68. The molecule has 0 bridgehead atoms. The Morgan fingerprint density at radius 1 is 0.865 bits per heavy atom. The monoisotopic (exact) mass is 498 g/mol. The van der Waals surface area contributed by atoms with Crippen LogP contribution in [0.2, 0.25) is 0 Å². The number of pyridine rings is 1. The van der Waals surface area contributed by atoms with Crippen molar-refractivity contribution < 1.29 is 9.47 Å². The van der Waals surface area contributed by atoms with Gasteiger partial charge in [-0.05, 0) is 83.1 Å². The minimum absolute atomic E-state index is 0.212. The van der Waals surface area contributed by atoms with Crippen LogP contribution in [-0.4, -0.2) is 53.2 Å². The summed E-state index contributed by atoms with van der Waals surface area (Å²) in [4.78, 5) is 15.8. The van der Waals surface area contributed by atoms with E-state index in [-0.39, 0.29) is 6.10 Å². The predicted molar refractivity (Wildman–Crippen MR) is 148 cm³/mol. The Bertz CT molecular complexity index is 1370. The number of ether oxygens (including phenoxy) is 2. The molecule has 0 unspecified atom stereocenters. The summed E-state index contributed by atoms with van der Waals surface area (Å²) in [6.07, 6.45) is 8.13. The zero-order chi connectivity index (χ0) is 25.8. The second kappa shape index (κ2) is 11.0. The number of nitrogens with zero attached hydrogens (tertiary/aromatic N) is 4. The maximum Gasteiger partial charge on any atom is 0.229 e. The Kier molecular flexibility index (Phi) is 7.37. The first-order valence-electron chi connectivity index (χ1n) is 12.7. The highest BCUT2D eigenvalue weighted by molar-refractivity contribution is 5.83. The van der Waals surface area contributed by atoms with Crippen molar-refractivity contribution in [2.45, 2.75) is 44.8 Å². The molecule has 5 rings (SSSR count). The molecule has 2 N–H and O–H groups in total. The van der Waals surface area contributed by atoms with Gasteiger partial charge >= 0.3 is 0 Å². The number of benzene rings is 2. The van der Waals surface area contributed by atoms with Gasteiger partial charge in [0.05, 0.1) is 30.6 Å². The van der Waals surface area contributed by atoms with E-state index in [0.29, 0.717) is 23.6 Å². The molecule has 0 aliphatic heterocycles. The highest BCUT2D eigenvalue weighted by Gasteiger charge is 2.24. The van der Waals surface area contributed by atoms with Crippen LogP contribution < -0.4 is 20.1 Å². The summed E-state index contributed by atoms with van der Waals surface area (Å²) >= 11 is 0. The molecule has 2 aromatic carbocycles. The first-order valence-corrected chi connectivity index (χ1v) is 12.7. The van der Waals surface area contributed by atoms with Gasteiger partial charge in [0.2, 0.25) is 5.95 Å². The first-order chi connectivity index (χ1) is 18.0. The number of fused-ring (bicyclic) bond motifs is 1. The van der Waals surface area contributed by atoms with Crippen molar-refractivity contribution in [3.63, 3.8) is 0 Å². The summed E-state index contributed by atoms with van der Waals surface area (Å²) in [7, 11) is 5.96. The molecule has 37 heavy (non-hydrogen) atoms. The fourth-order valence-electron chi connectivity index (χ4n) is 4.79. The van der Waals surface area contributed by atoms with E-state index < -0.39 is 0 Å². The zero-order valence-electron chi connectivity index (χ0n) is 21.9. The number of aromatic nitrogens is 3. The first kappa shape index (κ1) is 24.8. The Morgan fingerprint density at radius 2 is 1.70 bits per heavy atom. The van der Waals surface area contributed by atoms with Gasteiger partial charge in [0.25, 0.3) is 0 Å². The van der Waals surface area contributed by atoms with Gasteiger partial charge in [0, 0.05) is 29.4 Å². The van der Waals surface area contributed by atoms with Gasteiger partial charge in [-0.15, -0.1) is 0 Å². The number of hydrogen-bond donors (Lipinski definition) is 2. The average Bonchev–Trinajstić information content (AvgIpc) is 2.90. The van der Waals surface area contributed by atoms with Gasteiger partial charge in [-0.2, -0.15) is 4.98 Å². The number of nitrogens with one attached hydrogen (secondary N) is 2. The number of anilines is 4. The fourth-order valence-corrected chi connectivity index (χ4v) is 4.79. The highest BCUT2D eigenvalue weighted by Crippen LogP contribution is 2.34. The van der Waals surface area contributed by atoms with Crippen LogP contribution in [0.15, 0.2) is 60.9 Å². The third-order valence-electron chi connectivity index (χ3n) is 6.85. The third kappa shape index (κ3) is 6.09. The molecule has 1 saturated carbocycles. The van der Waals surface area contributed by atoms with Gasteiger partial charge in [0.1, 0.15) is 5.82 Å². The largest absolute Gasteiger partial charge is 0.493 e. The lowest BCUT2D eigenvalue weighted by Crippen LogP contribution is -2.35. The fraction of sp³-hybridized carbons (Fsp3) is 0.345. The van der Waals surface area contributed by atoms with Crippen molar-refractivity contribution in [3.8, 4) is 11.5 Å². The summed E-state index contributed by atoms with van der Waals surface area (Å²) < 4.78 is 12.0. The second-order valence-corrected chi connectivity index (χ2v) is 9.81. The molecular weight excluding hydrogens is 464 g/mol. The van der Waals surface area contributed by atoms with Crippen LogP contribution in [0.5, 0.6) is 11.5 Å². The number of methoxy groups -OCH3 is 1. The maximum absolute atomic E-state index is 6.32. The Labute approximate surface area is 218 Å². The lowest BCUT2D eigenvalue weighted by molar-refractivity contribution is 0.108. The van der Waals surface area contributed by atoms with Crippen LogP contribution in [0, 0.1) is 6.92 Å². The van der Waals surface area contributed by atoms with Crippen LogP contribution in [-0.2, 0) is 0 Å². The summed E-state index contributed by atoms with van der Waals surface area (Å²) in [6, 6.07) is 16.6. The van der Waals surface area contributed by atoms with Gasteiger partial charge in [-0.1, -0.05) is 11.6 Å². The van der Waals surface area contributed by atoms with Crippen molar-refractivity contribution >= 4 is 34.0 Å². The predicted octanol–water partition coefficient (Wildman–Crippen LogP) is 6.08. The maximum atomic E-state index is 6.32. The van der Waals surface area contributed by atoms with Gasteiger partial charge in [-0.25, -0.2) is 4.98 Å². The van der Waals surface area contributed by atoms with Crippen molar-refractivity contribution in [3.05, 3.63) is 66.5 Å². The van der Waals surface area contributed by atoms with Crippen molar-refractivity contribution in [2.75, 3.05) is 31.8 Å². The van der Waals surface area contributed by atoms with E-state index >= 15 is 0 Å². The van der Waals surface area contributed by atoms with E-state index in [4.69, 9.17) is 9.47 Å². The third-order valence-corrected chi connectivity index (χ3v) is 6.85. The summed E-state index contributed by atoms with van der Waals surface area (Å²) in [6.45, 7) is 2.08. The molecule has 0 spiro atoms. The quantitative estimate of drug-likeness (QED) is 0.302. The van der Waals surface area contributed by atoms with E-state index in [0.717, 1.165) is 53.7 Å². The highest BCUT2D eigenvalue weighted by atomic mass is 16.5. The minimum Gasteiger partial charge on any atom is -0.493 e. The van der Waals surface area contributed by atoms with Gasteiger partial charge < -0.3 is 25.0 Å². The van der Waals surface area contributed by atoms with Crippen molar-refractivity contribution in [2.24, 2.45) is 0 Å². The number of aryl methyl sites for hydroxylation is 1. The Hall–Kier alpha value is -3.91.